The van der Waals surface area contributed by atoms with Gasteiger partial charge in [-0.2, -0.15) is 0 Å². The van der Waals surface area contributed by atoms with Crippen LogP contribution in [0, 0.1) is 0 Å². The predicted molar refractivity (Wildman–Crippen MR) is 124 cm³/mol. The summed E-state index contributed by atoms with van der Waals surface area (Å²) in [6, 6.07) is 13.0. The molecule has 1 saturated heterocycles. The molecule has 1 aromatic heterocycles. The van der Waals surface area contributed by atoms with Gasteiger partial charge in [0.15, 0.2) is 0 Å². The molecule has 0 bridgehead atoms. The molecule has 1 fully saturated rings. The topological polar surface area (TPSA) is 76.6 Å². The molecule has 3 aromatic rings. The van der Waals surface area contributed by atoms with Crippen LogP contribution >= 0.6 is 0 Å². The first kappa shape index (κ1) is 21.6. The molecule has 4 rings (SSSR count). The number of nitrogens with one attached hydrogen (secondary N) is 1. The smallest absolute Gasteiger partial charge is 0.251 e. The van der Waals surface area contributed by atoms with E-state index in [-0.39, 0.29) is 5.91 Å². The van der Waals surface area contributed by atoms with Gasteiger partial charge in [-0.3, -0.25) is 4.79 Å². The van der Waals surface area contributed by atoms with Crippen molar-refractivity contribution in [1.29, 1.82) is 0 Å². The van der Waals surface area contributed by atoms with Gasteiger partial charge in [0.05, 0.1) is 14.2 Å². The second-order valence-corrected chi connectivity index (χ2v) is 7.76. The zero-order valence-electron chi connectivity index (χ0n) is 18.5. The van der Waals surface area contributed by atoms with Gasteiger partial charge in [-0.05, 0) is 55.2 Å². The third-order valence-corrected chi connectivity index (χ3v) is 5.68. The highest BCUT2D eigenvalue weighted by Gasteiger charge is 2.14. The van der Waals surface area contributed by atoms with Gasteiger partial charge in [-0.1, -0.05) is 12.1 Å². The summed E-state index contributed by atoms with van der Waals surface area (Å²) in [5.74, 6) is 2.05. The van der Waals surface area contributed by atoms with Gasteiger partial charge in [0.1, 0.15) is 11.5 Å². The number of anilines is 1. The number of hydrogen-bond acceptors (Lipinski definition) is 6. The molecule has 0 atom stereocenters. The molecule has 1 aliphatic heterocycles. The van der Waals surface area contributed by atoms with Crippen molar-refractivity contribution in [3.63, 3.8) is 0 Å². The van der Waals surface area contributed by atoms with Gasteiger partial charge in [0.2, 0.25) is 5.95 Å². The van der Waals surface area contributed by atoms with Crippen LogP contribution in [0.25, 0.3) is 11.1 Å². The number of carbonyl (C=O) groups is 1. The average molecular weight is 433 g/mol. The molecule has 1 N–H and O–H groups in total. The molecular weight excluding hydrogens is 404 g/mol. The highest BCUT2D eigenvalue weighted by molar-refractivity contribution is 5.94. The molecule has 0 saturated carbocycles. The van der Waals surface area contributed by atoms with Crippen molar-refractivity contribution < 1.29 is 14.3 Å². The fourth-order valence-corrected chi connectivity index (χ4v) is 3.84. The van der Waals surface area contributed by atoms with E-state index in [0.717, 1.165) is 35.7 Å². The van der Waals surface area contributed by atoms with Crippen molar-refractivity contribution in [2.45, 2.75) is 25.8 Å². The summed E-state index contributed by atoms with van der Waals surface area (Å²) in [5, 5.41) is 2.94. The molecule has 7 heteroatoms. The highest BCUT2D eigenvalue weighted by atomic mass is 16.5. The van der Waals surface area contributed by atoms with Crippen LogP contribution in [0.5, 0.6) is 11.5 Å². The number of benzene rings is 2. The molecular formula is C25H28N4O3. The SMILES string of the molecule is COc1ccc(OC)c(CNC(=O)c2ccc(-c3cnc(N4CCCCC4)nc3)cc2)c1. The Morgan fingerprint density at radius 3 is 2.31 bits per heavy atom. The van der Waals surface area contributed by atoms with E-state index in [9.17, 15) is 4.79 Å². The van der Waals surface area contributed by atoms with Crippen LogP contribution in [0.3, 0.4) is 0 Å². The van der Waals surface area contributed by atoms with E-state index in [4.69, 9.17) is 9.47 Å². The predicted octanol–water partition coefficient (Wildman–Crippen LogP) is 4.08. The van der Waals surface area contributed by atoms with E-state index in [2.05, 4.69) is 20.2 Å². The molecule has 32 heavy (non-hydrogen) atoms. The average Bonchev–Trinajstić information content (AvgIpc) is 2.87. The molecule has 0 unspecified atom stereocenters. The van der Waals surface area contributed by atoms with Crippen molar-refractivity contribution in [3.05, 3.63) is 66.0 Å². The lowest BCUT2D eigenvalue weighted by Gasteiger charge is -2.26. The molecule has 0 radical (unpaired) electrons. The fourth-order valence-electron chi connectivity index (χ4n) is 3.84. The van der Waals surface area contributed by atoms with Gasteiger partial charge < -0.3 is 19.7 Å². The van der Waals surface area contributed by atoms with Gasteiger partial charge >= 0.3 is 0 Å². The number of ether oxygens (including phenoxy) is 2. The minimum absolute atomic E-state index is 0.155. The number of amides is 1. The highest BCUT2D eigenvalue weighted by Crippen LogP contribution is 2.24. The Balaban J connectivity index is 1.39. The number of methoxy groups -OCH3 is 2. The first-order valence-corrected chi connectivity index (χ1v) is 10.8. The number of aromatic nitrogens is 2. The lowest BCUT2D eigenvalue weighted by atomic mass is 10.1. The summed E-state index contributed by atoms with van der Waals surface area (Å²) in [5.41, 5.74) is 3.34. The van der Waals surface area contributed by atoms with Crippen molar-refractivity contribution in [3.8, 4) is 22.6 Å². The number of rotatable bonds is 7. The Hall–Kier alpha value is -3.61. The van der Waals surface area contributed by atoms with E-state index in [0.29, 0.717) is 23.6 Å². The Morgan fingerprint density at radius 1 is 0.938 bits per heavy atom. The molecule has 2 heterocycles. The minimum atomic E-state index is -0.155. The fraction of sp³-hybridized carbons (Fsp3) is 0.320. The second kappa shape index (κ2) is 10.1. The summed E-state index contributed by atoms with van der Waals surface area (Å²) < 4.78 is 10.6. The molecule has 1 amide bonds. The standard InChI is InChI=1S/C25H28N4O3/c1-31-22-10-11-23(32-2)20(14-22)15-26-24(30)19-8-6-18(7-9-19)21-16-27-25(28-17-21)29-12-4-3-5-13-29/h6-11,14,16-17H,3-5,12-13,15H2,1-2H3,(H,26,30). The molecule has 2 aromatic carbocycles. The normalized spacial score (nSPS) is 13.5. The maximum atomic E-state index is 12.6. The van der Waals surface area contributed by atoms with Crippen molar-refractivity contribution in [1.82, 2.24) is 15.3 Å². The summed E-state index contributed by atoms with van der Waals surface area (Å²) in [7, 11) is 3.21. The maximum absolute atomic E-state index is 12.6. The lowest BCUT2D eigenvalue weighted by Crippen LogP contribution is -2.30. The van der Waals surface area contributed by atoms with Gasteiger partial charge in [0, 0.05) is 48.7 Å². The van der Waals surface area contributed by atoms with Crippen LogP contribution < -0.4 is 19.7 Å². The molecule has 1 aliphatic rings. The largest absolute Gasteiger partial charge is 0.497 e. The van der Waals surface area contributed by atoms with E-state index in [1.54, 1.807) is 14.2 Å². The first-order chi connectivity index (χ1) is 15.7. The van der Waals surface area contributed by atoms with E-state index >= 15 is 0 Å². The van der Waals surface area contributed by atoms with Gasteiger partial charge in [0.25, 0.3) is 5.91 Å². The minimum Gasteiger partial charge on any atom is -0.497 e. The van der Waals surface area contributed by atoms with Crippen molar-refractivity contribution >= 4 is 11.9 Å². The summed E-state index contributed by atoms with van der Waals surface area (Å²) in [4.78, 5) is 23.9. The van der Waals surface area contributed by atoms with Gasteiger partial charge in [-0.15, -0.1) is 0 Å². The molecule has 166 valence electrons. The summed E-state index contributed by atoms with van der Waals surface area (Å²) in [6.45, 7) is 2.38. The summed E-state index contributed by atoms with van der Waals surface area (Å²) >= 11 is 0. The number of carbonyl (C=O) groups excluding carboxylic acids is 1. The van der Waals surface area contributed by atoms with E-state index in [1.165, 1.54) is 19.3 Å². The molecule has 0 spiro atoms. The lowest BCUT2D eigenvalue weighted by molar-refractivity contribution is 0.0950. The third kappa shape index (κ3) is 4.99. The Bertz CT molecular complexity index is 1050. The molecule has 0 aliphatic carbocycles. The maximum Gasteiger partial charge on any atom is 0.251 e. The quantitative estimate of drug-likeness (QED) is 0.606. The first-order valence-electron chi connectivity index (χ1n) is 10.8. The van der Waals surface area contributed by atoms with Crippen molar-refractivity contribution in [2.24, 2.45) is 0 Å². The van der Waals surface area contributed by atoms with Crippen molar-refractivity contribution in [2.75, 3.05) is 32.2 Å². The number of piperidine rings is 1. The zero-order chi connectivity index (χ0) is 22.3. The van der Waals surface area contributed by atoms with Crippen LogP contribution in [0.4, 0.5) is 5.95 Å². The van der Waals surface area contributed by atoms with Crippen LogP contribution in [0.15, 0.2) is 54.9 Å². The molecule has 7 nitrogen and oxygen atoms in total. The number of nitrogens with zero attached hydrogens (tertiary/aromatic N) is 3. The second-order valence-electron chi connectivity index (χ2n) is 7.76. The summed E-state index contributed by atoms with van der Waals surface area (Å²) in [6.07, 6.45) is 7.36. The monoisotopic (exact) mass is 432 g/mol. The number of hydrogen-bond donors (Lipinski definition) is 1. The van der Waals surface area contributed by atoms with Crippen LogP contribution in [-0.2, 0) is 6.54 Å². The van der Waals surface area contributed by atoms with E-state index < -0.39 is 0 Å². The Morgan fingerprint density at radius 2 is 1.66 bits per heavy atom. The van der Waals surface area contributed by atoms with Crippen LogP contribution in [0.2, 0.25) is 0 Å². The van der Waals surface area contributed by atoms with Gasteiger partial charge in [-0.25, -0.2) is 9.97 Å². The third-order valence-electron chi connectivity index (χ3n) is 5.68. The van der Waals surface area contributed by atoms with Crippen LogP contribution in [0.1, 0.15) is 35.2 Å². The van der Waals surface area contributed by atoms with E-state index in [1.807, 2.05) is 54.9 Å². The Kier molecular flexibility index (Phi) is 6.84. The Labute approximate surface area is 188 Å². The van der Waals surface area contributed by atoms with Crippen LogP contribution in [-0.4, -0.2) is 43.2 Å². The zero-order valence-corrected chi connectivity index (χ0v) is 18.5.